The zero-order chi connectivity index (χ0) is 20.6. The molecular formula is C23H24F3NOS. The molecule has 0 atom stereocenters. The first-order valence-electron chi connectivity index (χ1n) is 9.84. The molecule has 0 spiro atoms. The van der Waals surface area contributed by atoms with Gasteiger partial charge in [-0.25, -0.2) is 0 Å². The normalized spacial score (nSPS) is 16.2. The van der Waals surface area contributed by atoms with E-state index in [1.54, 1.807) is 19.2 Å². The van der Waals surface area contributed by atoms with Crippen molar-refractivity contribution in [2.24, 2.45) is 0 Å². The Kier molecular flexibility index (Phi) is 5.58. The molecule has 0 unspecified atom stereocenters. The average Bonchev–Trinajstić information content (AvgIpc) is 3.40. The molecular weight excluding hydrogens is 395 g/mol. The molecule has 0 bridgehead atoms. The molecule has 0 saturated heterocycles. The maximum absolute atomic E-state index is 13.6. The summed E-state index contributed by atoms with van der Waals surface area (Å²) in [6, 6.07) is 9.56. The van der Waals surface area contributed by atoms with Crippen LogP contribution in [0.3, 0.4) is 0 Å². The summed E-state index contributed by atoms with van der Waals surface area (Å²) in [6.45, 7) is 2.33. The van der Waals surface area contributed by atoms with Gasteiger partial charge in [0.25, 0.3) is 0 Å². The summed E-state index contributed by atoms with van der Waals surface area (Å²) in [7, 11) is 1.63. The van der Waals surface area contributed by atoms with Gasteiger partial charge < -0.3 is 9.30 Å². The first kappa shape index (κ1) is 20.2. The van der Waals surface area contributed by atoms with Crippen LogP contribution < -0.4 is 0 Å². The van der Waals surface area contributed by atoms with E-state index in [4.69, 9.17) is 4.74 Å². The number of alkyl halides is 3. The van der Waals surface area contributed by atoms with Gasteiger partial charge in [0.1, 0.15) is 6.73 Å². The van der Waals surface area contributed by atoms with Gasteiger partial charge in [-0.15, -0.1) is 11.3 Å². The lowest BCUT2D eigenvalue weighted by Gasteiger charge is -2.18. The van der Waals surface area contributed by atoms with Gasteiger partial charge in [-0.1, -0.05) is 31.0 Å². The van der Waals surface area contributed by atoms with Gasteiger partial charge >= 0.3 is 6.18 Å². The second kappa shape index (κ2) is 8.00. The third-order valence-corrected chi connectivity index (χ3v) is 6.53. The van der Waals surface area contributed by atoms with Crippen molar-refractivity contribution in [3.63, 3.8) is 0 Å². The van der Waals surface area contributed by atoms with Gasteiger partial charge in [0.2, 0.25) is 0 Å². The first-order valence-corrected chi connectivity index (χ1v) is 10.7. The van der Waals surface area contributed by atoms with Gasteiger partial charge in [0.15, 0.2) is 0 Å². The molecule has 0 aliphatic heterocycles. The van der Waals surface area contributed by atoms with Crippen molar-refractivity contribution in [3.05, 3.63) is 63.5 Å². The summed E-state index contributed by atoms with van der Waals surface area (Å²) in [5.74, 6) is 0.240. The molecule has 4 rings (SSSR count). The Bertz CT molecular complexity index is 1020. The molecule has 154 valence electrons. The highest BCUT2D eigenvalue weighted by atomic mass is 32.1. The van der Waals surface area contributed by atoms with Gasteiger partial charge in [-0.05, 0) is 48.8 Å². The largest absolute Gasteiger partial charge is 0.410 e. The Balaban J connectivity index is 2.08. The molecule has 1 aromatic carbocycles. The van der Waals surface area contributed by atoms with Crippen LogP contribution in [0.2, 0.25) is 0 Å². The lowest BCUT2D eigenvalue weighted by molar-refractivity contribution is -0.0793. The highest BCUT2D eigenvalue weighted by molar-refractivity contribution is 7.11. The Hall–Kier alpha value is -2.05. The highest BCUT2D eigenvalue weighted by Gasteiger charge is 2.32. The number of thiophene rings is 1. The molecule has 3 aromatic rings. The number of nitrogens with zero attached hydrogens (tertiary/aromatic N) is 1. The van der Waals surface area contributed by atoms with Gasteiger partial charge in [0.05, 0.1) is 5.52 Å². The Labute approximate surface area is 172 Å². The Morgan fingerprint density at radius 1 is 1.24 bits per heavy atom. The van der Waals surface area contributed by atoms with E-state index < -0.39 is 6.18 Å². The van der Waals surface area contributed by atoms with Crippen LogP contribution in [0.1, 0.15) is 53.3 Å². The summed E-state index contributed by atoms with van der Waals surface area (Å²) >= 11 is 1.34. The third kappa shape index (κ3) is 4.01. The van der Waals surface area contributed by atoms with Crippen LogP contribution >= 0.6 is 11.3 Å². The van der Waals surface area contributed by atoms with Crippen molar-refractivity contribution in [3.8, 4) is 0 Å². The number of hydrogen-bond acceptors (Lipinski definition) is 2. The molecule has 29 heavy (non-hydrogen) atoms. The number of ether oxygens (including phenoxy) is 1. The average molecular weight is 420 g/mol. The summed E-state index contributed by atoms with van der Waals surface area (Å²) in [6.07, 6.45) is 0.283. The van der Waals surface area contributed by atoms with E-state index in [1.165, 1.54) is 11.3 Å². The number of halogens is 3. The monoisotopic (exact) mass is 419 g/mol. The maximum Gasteiger partial charge on any atom is 0.410 e. The molecule has 0 amide bonds. The minimum absolute atomic E-state index is 0.240. The van der Waals surface area contributed by atoms with Crippen LogP contribution in [0.25, 0.3) is 16.5 Å². The van der Waals surface area contributed by atoms with Crippen molar-refractivity contribution >= 4 is 27.8 Å². The van der Waals surface area contributed by atoms with E-state index in [0.717, 1.165) is 47.8 Å². The number of aryl methyl sites for hydroxylation is 1. The molecule has 1 aliphatic rings. The van der Waals surface area contributed by atoms with Crippen molar-refractivity contribution < 1.29 is 17.9 Å². The van der Waals surface area contributed by atoms with E-state index in [1.807, 2.05) is 24.4 Å². The third-order valence-electron chi connectivity index (χ3n) is 5.62. The van der Waals surface area contributed by atoms with Crippen LogP contribution in [0.5, 0.6) is 0 Å². The van der Waals surface area contributed by atoms with Crippen molar-refractivity contribution in [1.29, 1.82) is 0 Å². The van der Waals surface area contributed by atoms with Crippen molar-refractivity contribution in [1.82, 2.24) is 4.57 Å². The number of methoxy groups -OCH3 is 1. The molecule has 1 aliphatic carbocycles. The molecule has 0 N–H and O–H groups in total. The molecule has 1 fully saturated rings. The van der Waals surface area contributed by atoms with Gasteiger partial charge in [-0.2, -0.15) is 13.2 Å². The summed E-state index contributed by atoms with van der Waals surface area (Å²) in [4.78, 5) is 0.638. The SMILES string of the molecule is COCn1c(C2CCCC2)c(/C(=C\C(F)(F)F)c2cccs2)c2ccc(C)cc21. The predicted octanol–water partition coefficient (Wildman–Crippen LogP) is 7.27. The molecule has 2 heterocycles. The fourth-order valence-corrected chi connectivity index (χ4v) is 5.26. The van der Waals surface area contributed by atoms with E-state index in [-0.39, 0.29) is 11.5 Å². The minimum atomic E-state index is -4.40. The van der Waals surface area contributed by atoms with Crippen LogP contribution in [0.15, 0.2) is 41.8 Å². The Morgan fingerprint density at radius 3 is 2.62 bits per heavy atom. The van der Waals surface area contributed by atoms with Crippen molar-refractivity contribution in [2.45, 2.75) is 51.4 Å². The summed E-state index contributed by atoms with van der Waals surface area (Å²) in [5.41, 5.74) is 3.97. The summed E-state index contributed by atoms with van der Waals surface area (Å²) in [5, 5.41) is 2.69. The quantitative estimate of drug-likeness (QED) is 0.424. The molecule has 6 heteroatoms. The molecule has 0 radical (unpaired) electrons. The standard InChI is InChI=1S/C23H24F3NOS/c1-15-9-10-17-19(12-15)27(14-28-2)22(16-6-3-4-7-16)21(17)18(13-23(24,25)26)20-8-5-11-29-20/h5,8-13,16H,3-4,6-7,14H2,1-2H3/b18-13-. The van der Waals surface area contributed by atoms with E-state index in [0.29, 0.717) is 23.2 Å². The van der Waals surface area contributed by atoms with E-state index >= 15 is 0 Å². The van der Waals surface area contributed by atoms with Crippen LogP contribution in [0, 0.1) is 6.92 Å². The summed E-state index contributed by atoms with van der Waals surface area (Å²) < 4.78 is 48.4. The van der Waals surface area contributed by atoms with Crippen LogP contribution in [-0.2, 0) is 11.5 Å². The van der Waals surface area contributed by atoms with Gasteiger partial charge in [0, 0.05) is 40.3 Å². The smallest absolute Gasteiger partial charge is 0.364 e. The second-order valence-electron chi connectivity index (χ2n) is 7.68. The minimum Gasteiger partial charge on any atom is -0.364 e. The topological polar surface area (TPSA) is 14.2 Å². The predicted molar refractivity (Wildman–Crippen MR) is 112 cm³/mol. The van der Waals surface area contributed by atoms with Gasteiger partial charge in [-0.3, -0.25) is 0 Å². The first-order chi connectivity index (χ1) is 13.9. The second-order valence-corrected chi connectivity index (χ2v) is 8.63. The van der Waals surface area contributed by atoms with Crippen LogP contribution in [-0.4, -0.2) is 17.9 Å². The highest BCUT2D eigenvalue weighted by Crippen LogP contribution is 2.45. The van der Waals surface area contributed by atoms with Crippen LogP contribution in [0.4, 0.5) is 13.2 Å². The molecule has 2 nitrogen and oxygen atoms in total. The number of aromatic nitrogens is 1. The fraction of sp³-hybridized carbons (Fsp3) is 0.391. The number of rotatable bonds is 5. The number of allylic oxidation sites excluding steroid dienone is 1. The molecule has 2 aromatic heterocycles. The lowest BCUT2D eigenvalue weighted by atomic mass is 9.92. The zero-order valence-corrected chi connectivity index (χ0v) is 17.4. The van der Waals surface area contributed by atoms with E-state index in [9.17, 15) is 13.2 Å². The van der Waals surface area contributed by atoms with Crippen molar-refractivity contribution in [2.75, 3.05) is 7.11 Å². The number of hydrogen-bond donors (Lipinski definition) is 0. The maximum atomic E-state index is 13.6. The molecule has 1 saturated carbocycles. The lowest BCUT2D eigenvalue weighted by Crippen LogP contribution is -2.10. The zero-order valence-electron chi connectivity index (χ0n) is 16.6. The van der Waals surface area contributed by atoms with E-state index in [2.05, 4.69) is 10.6 Å². The number of fused-ring (bicyclic) bond motifs is 1. The number of benzene rings is 1. The Morgan fingerprint density at radius 2 is 2.00 bits per heavy atom. The fourth-order valence-electron chi connectivity index (χ4n) is 4.52.